The molecule has 0 radical (unpaired) electrons. The van der Waals surface area contributed by atoms with Crippen LogP contribution < -0.4 is 14.9 Å². The Kier molecular flexibility index (Phi) is 6.43. The van der Waals surface area contributed by atoms with Gasteiger partial charge in [-0.1, -0.05) is 15.9 Å². The van der Waals surface area contributed by atoms with Crippen molar-refractivity contribution in [2.24, 2.45) is 5.10 Å². The van der Waals surface area contributed by atoms with Crippen LogP contribution in [0.3, 0.4) is 0 Å². The van der Waals surface area contributed by atoms with Gasteiger partial charge in [0, 0.05) is 21.5 Å². The SMILES string of the molecule is COc1cc(OC)c(/C=N\NC(=O)c2cc3cc(Br)cc(I)c3o2)cc1Br. The first-order valence-electron chi connectivity index (χ1n) is 7.56. The van der Waals surface area contributed by atoms with Crippen LogP contribution >= 0.6 is 54.5 Å². The number of fused-ring (bicyclic) bond motifs is 1. The summed E-state index contributed by atoms with van der Waals surface area (Å²) in [4.78, 5) is 12.3. The number of hydrogen-bond donors (Lipinski definition) is 1. The fourth-order valence-corrected chi connectivity index (χ4v) is 4.57. The molecular formula is C18H13Br2IN2O4. The highest BCUT2D eigenvalue weighted by Gasteiger charge is 2.14. The fourth-order valence-electron chi connectivity index (χ4n) is 2.39. The summed E-state index contributed by atoms with van der Waals surface area (Å²) in [5.41, 5.74) is 3.80. The molecule has 0 saturated carbocycles. The predicted octanol–water partition coefficient (Wildman–Crippen LogP) is 5.34. The molecule has 0 bridgehead atoms. The normalized spacial score (nSPS) is 11.1. The van der Waals surface area contributed by atoms with Gasteiger partial charge in [0.05, 0.1) is 28.5 Å². The third-order valence-corrected chi connectivity index (χ3v) is 5.51. The van der Waals surface area contributed by atoms with Gasteiger partial charge in [-0.15, -0.1) is 0 Å². The van der Waals surface area contributed by atoms with E-state index in [1.54, 1.807) is 32.4 Å². The Morgan fingerprint density at radius 3 is 2.59 bits per heavy atom. The molecule has 1 amide bonds. The molecule has 0 aliphatic carbocycles. The van der Waals surface area contributed by atoms with Crippen molar-refractivity contribution in [1.82, 2.24) is 5.43 Å². The van der Waals surface area contributed by atoms with Gasteiger partial charge in [0.15, 0.2) is 5.76 Å². The number of carbonyl (C=O) groups is 1. The van der Waals surface area contributed by atoms with Gasteiger partial charge < -0.3 is 13.9 Å². The molecule has 9 heteroatoms. The molecular weight excluding hydrogens is 595 g/mol. The van der Waals surface area contributed by atoms with E-state index in [2.05, 4.69) is 65.0 Å². The molecule has 0 aliphatic heterocycles. The molecule has 140 valence electrons. The van der Waals surface area contributed by atoms with Crippen LogP contribution in [0.2, 0.25) is 0 Å². The molecule has 0 atom stereocenters. The number of benzene rings is 2. The number of nitrogens with zero attached hydrogens (tertiary/aromatic N) is 1. The largest absolute Gasteiger partial charge is 0.496 e. The molecule has 3 rings (SSSR count). The maximum absolute atomic E-state index is 12.3. The molecule has 0 spiro atoms. The molecule has 2 aromatic carbocycles. The van der Waals surface area contributed by atoms with Gasteiger partial charge in [-0.3, -0.25) is 4.79 Å². The lowest BCUT2D eigenvalue weighted by Gasteiger charge is -2.09. The van der Waals surface area contributed by atoms with Crippen molar-refractivity contribution in [2.75, 3.05) is 14.2 Å². The summed E-state index contributed by atoms with van der Waals surface area (Å²) in [6, 6.07) is 9.00. The monoisotopic (exact) mass is 606 g/mol. The third-order valence-electron chi connectivity index (χ3n) is 3.63. The summed E-state index contributed by atoms with van der Waals surface area (Å²) in [5.74, 6) is 0.939. The predicted molar refractivity (Wildman–Crippen MR) is 119 cm³/mol. The minimum Gasteiger partial charge on any atom is -0.496 e. The quantitative estimate of drug-likeness (QED) is 0.241. The average Bonchev–Trinajstić information content (AvgIpc) is 3.06. The number of amides is 1. The van der Waals surface area contributed by atoms with E-state index in [1.807, 2.05) is 12.1 Å². The second kappa shape index (κ2) is 8.61. The molecule has 3 aromatic rings. The fraction of sp³-hybridized carbons (Fsp3) is 0.111. The number of ether oxygens (including phenoxy) is 2. The minimum atomic E-state index is -0.444. The highest BCUT2D eigenvalue weighted by Crippen LogP contribution is 2.32. The van der Waals surface area contributed by atoms with Crippen molar-refractivity contribution < 1.29 is 18.7 Å². The average molecular weight is 608 g/mol. The Morgan fingerprint density at radius 1 is 1.15 bits per heavy atom. The van der Waals surface area contributed by atoms with Crippen molar-refractivity contribution >= 4 is 77.5 Å². The number of hydrogen-bond acceptors (Lipinski definition) is 5. The van der Waals surface area contributed by atoms with Crippen LogP contribution in [0, 0.1) is 3.57 Å². The number of nitrogens with one attached hydrogen (secondary N) is 1. The van der Waals surface area contributed by atoms with Crippen LogP contribution in [0.1, 0.15) is 16.1 Å². The standard InChI is InChI=1S/C18H13Br2IN2O4/c1-25-14-7-15(26-2)12(20)4-10(14)8-22-23-18(24)16-5-9-3-11(19)6-13(21)17(9)27-16/h3-8H,1-2H3,(H,23,24)/b22-8-. The Hall–Kier alpha value is -1.59. The topological polar surface area (TPSA) is 73.1 Å². The van der Waals surface area contributed by atoms with E-state index < -0.39 is 5.91 Å². The van der Waals surface area contributed by atoms with Crippen LogP contribution in [0.4, 0.5) is 0 Å². The van der Waals surface area contributed by atoms with E-state index in [0.29, 0.717) is 22.6 Å². The molecule has 0 saturated heterocycles. The van der Waals surface area contributed by atoms with Crippen LogP contribution in [0.15, 0.2) is 48.8 Å². The highest BCUT2D eigenvalue weighted by molar-refractivity contribution is 14.1. The zero-order valence-electron chi connectivity index (χ0n) is 14.2. The van der Waals surface area contributed by atoms with Crippen molar-refractivity contribution in [3.8, 4) is 11.5 Å². The molecule has 0 fully saturated rings. The van der Waals surface area contributed by atoms with Gasteiger partial charge in [0.25, 0.3) is 0 Å². The summed E-state index contributed by atoms with van der Waals surface area (Å²) < 4.78 is 18.8. The maximum atomic E-state index is 12.3. The highest BCUT2D eigenvalue weighted by atomic mass is 127. The third kappa shape index (κ3) is 4.46. The lowest BCUT2D eigenvalue weighted by molar-refractivity contribution is 0.0929. The lowest BCUT2D eigenvalue weighted by Crippen LogP contribution is -2.16. The molecule has 1 heterocycles. The van der Waals surface area contributed by atoms with Gasteiger partial charge in [-0.25, -0.2) is 5.43 Å². The summed E-state index contributed by atoms with van der Waals surface area (Å²) in [6.07, 6.45) is 1.49. The molecule has 0 aliphatic rings. The van der Waals surface area contributed by atoms with Crippen molar-refractivity contribution in [3.05, 3.63) is 54.2 Å². The first kappa shape index (κ1) is 20.2. The summed E-state index contributed by atoms with van der Waals surface area (Å²) in [7, 11) is 3.12. The Balaban J connectivity index is 1.80. The minimum absolute atomic E-state index is 0.182. The molecule has 1 aromatic heterocycles. The van der Waals surface area contributed by atoms with E-state index in [1.165, 1.54) is 6.21 Å². The Bertz CT molecular complexity index is 1050. The lowest BCUT2D eigenvalue weighted by atomic mass is 10.2. The number of rotatable bonds is 5. The Morgan fingerprint density at radius 2 is 1.89 bits per heavy atom. The van der Waals surface area contributed by atoms with Gasteiger partial charge in [0.2, 0.25) is 0 Å². The second-order valence-corrected chi connectivity index (χ2v) is 8.28. The first-order valence-corrected chi connectivity index (χ1v) is 10.2. The maximum Gasteiger partial charge on any atom is 0.307 e. The van der Waals surface area contributed by atoms with E-state index in [0.717, 1.165) is 17.9 Å². The Labute approximate surface area is 185 Å². The van der Waals surface area contributed by atoms with Crippen LogP contribution in [0.5, 0.6) is 11.5 Å². The van der Waals surface area contributed by atoms with Crippen LogP contribution in [0.25, 0.3) is 11.0 Å². The first-order chi connectivity index (χ1) is 12.9. The van der Waals surface area contributed by atoms with Gasteiger partial charge in [-0.2, -0.15) is 5.10 Å². The van der Waals surface area contributed by atoms with Crippen molar-refractivity contribution in [1.29, 1.82) is 0 Å². The van der Waals surface area contributed by atoms with Gasteiger partial charge in [-0.05, 0) is 62.8 Å². The zero-order chi connectivity index (χ0) is 19.6. The number of carbonyl (C=O) groups excluding carboxylic acids is 1. The zero-order valence-corrected chi connectivity index (χ0v) is 19.5. The smallest absolute Gasteiger partial charge is 0.307 e. The second-order valence-electron chi connectivity index (χ2n) is 5.34. The summed E-state index contributed by atoms with van der Waals surface area (Å²) in [6.45, 7) is 0. The van der Waals surface area contributed by atoms with Crippen LogP contribution in [-0.4, -0.2) is 26.3 Å². The van der Waals surface area contributed by atoms with E-state index in [-0.39, 0.29) is 5.76 Å². The molecule has 27 heavy (non-hydrogen) atoms. The van der Waals surface area contributed by atoms with E-state index in [4.69, 9.17) is 13.9 Å². The number of halogens is 3. The van der Waals surface area contributed by atoms with Gasteiger partial charge >= 0.3 is 5.91 Å². The van der Waals surface area contributed by atoms with Crippen molar-refractivity contribution in [3.63, 3.8) is 0 Å². The van der Waals surface area contributed by atoms with Crippen molar-refractivity contribution in [2.45, 2.75) is 0 Å². The number of hydrazone groups is 1. The van der Waals surface area contributed by atoms with E-state index in [9.17, 15) is 4.79 Å². The van der Waals surface area contributed by atoms with Crippen LogP contribution in [-0.2, 0) is 0 Å². The molecule has 6 nitrogen and oxygen atoms in total. The summed E-state index contributed by atoms with van der Waals surface area (Å²) in [5, 5.41) is 4.83. The molecule has 0 unspecified atom stereocenters. The number of furan rings is 1. The van der Waals surface area contributed by atoms with E-state index >= 15 is 0 Å². The molecule has 1 N–H and O–H groups in total. The number of methoxy groups -OCH3 is 2. The van der Waals surface area contributed by atoms with Gasteiger partial charge in [0.1, 0.15) is 17.1 Å². The summed E-state index contributed by atoms with van der Waals surface area (Å²) >= 11 is 9.00.